The molecule has 1 heterocycles. The first-order valence-corrected chi connectivity index (χ1v) is 7.87. The lowest BCUT2D eigenvalue weighted by atomic mass is 10.0. The lowest BCUT2D eigenvalue weighted by molar-refractivity contribution is -0.143. The molecular weight excluding hydrogens is 389 g/mol. The van der Waals surface area contributed by atoms with Crippen LogP contribution in [-0.2, 0) is 14.3 Å². The van der Waals surface area contributed by atoms with Crippen molar-refractivity contribution in [3.05, 3.63) is 47.3 Å². The average molecular weight is 401 g/mol. The predicted octanol–water partition coefficient (Wildman–Crippen LogP) is 3.34. The van der Waals surface area contributed by atoms with E-state index in [1.54, 1.807) is 0 Å². The summed E-state index contributed by atoms with van der Waals surface area (Å²) in [7, 11) is 1.11. The van der Waals surface area contributed by atoms with Crippen molar-refractivity contribution in [3.8, 4) is 16.9 Å². The van der Waals surface area contributed by atoms with Gasteiger partial charge in [0.25, 0.3) is 5.91 Å². The van der Waals surface area contributed by atoms with E-state index in [1.807, 2.05) is 0 Å². The van der Waals surface area contributed by atoms with Crippen LogP contribution in [0.5, 0.6) is 5.75 Å². The minimum Gasteiger partial charge on any atom is -0.482 e. The molecule has 3 rings (SSSR count). The number of rotatable bonds is 3. The number of ether oxygens (including phenoxy) is 2. The highest BCUT2D eigenvalue weighted by Crippen LogP contribution is 2.39. The SMILES string of the molecule is COC(=O)[C@@H](C)N1C(=O)COc2ccc(-c3c(F)c(F)c(F)c(F)c3F)cc21. The van der Waals surface area contributed by atoms with E-state index < -0.39 is 64.7 Å². The Hall–Kier alpha value is -3.17. The first-order chi connectivity index (χ1) is 13.2. The van der Waals surface area contributed by atoms with Crippen LogP contribution in [0.25, 0.3) is 11.1 Å². The second kappa shape index (κ2) is 7.10. The number of fused-ring (bicyclic) bond motifs is 1. The van der Waals surface area contributed by atoms with Crippen molar-refractivity contribution in [2.24, 2.45) is 0 Å². The number of carbonyl (C=O) groups is 2. The van der Waals surface area contributed by atoms with Gasteiger partial charge < -0.3 is 9.47 Å². The molecule has 0 saturated carbocycles. The molecule has 0 radical (unpaired) electrons. The van der Waals surface area contributed by atoms with Gasteiger partial charge in [0.1, 0.15) is 11.8 Å². The molecule has 0 saturated heterocycles. The number of methoxy groups -OCH3 is 1. The first kappa shape index (κ1) is 19.6. The van der Waals surface area contributed by atoms with Crippen molar-refractivity contribution in [1.29, 1.82) is 0 Å². The Kier molecular flexibility index (Phi) is 4.97. The Morgan fingerprint density at radius 3 is 2.21 bits per heavy atom. The average Bonchev–Trinajstić information content (AvgIpc) is 2.69. The maximum Gasteiger partial charge on any atom is 0.328 e. The van der Waals surface area contributed by atoms with Gasteiger partial charge in [0.05, 0.1) is 18.4 Å². The number of hydrogen-bond acceptors (Lipinski definition) is 4. The minimum atomic E-state index is -2.28. The molecule has 2 aromatic carbocycles. The first-order valence-electron chi connectivity index (χ1n) is 7.87. The fraction of sp³-hybridized carbons (Fsp3) is 0.222. The Labute approximate surface area is 155 Å². The Morgan fingerprint density at radius 1 is 1.07 bits per heavy atom. The van der Waals surface area contributed by atoms with Crippen LogP contribution in [0.1, 0.15) is 6.92 Å². The summed E-state index contributed by atoms with van der Waals surface area (Å²) in [5.74, 6) is -11.9. The third-order valence-electron chi connectivity index (χ3n) is 4.27. The van der Waals surface area contributed by atoms with Gasteiger partial charge in [-0.3, -0.25) is 9.69 Å². The molecule has 1 amide bonds. The van der Waals surface area contributed by atoms with Crippen molar-refractivity contribution in [2.45, 2.75) is 13.0 Å². The summed E-state index contributed by atoms with van der Waals surface area (Å²) in [5, 5.41) is 0. The lowest BCUT2D eigenvalue weighted by Gasteiger charge is -2.33. The van der Waals surface area contributed by atoms with Crippen molar-refractivity contribution in [3.63, 3.8) is 0 Å². The normalized spacial score (nSPS) is 14.4. The molecule has 0 aliphatic carbocycles. The fourth-order valence-electron chi connectivity index (χ4n) is 2.89. The highest BCUT2D eigenvalue weighted by Gasteiger charge is 2.35. The smallest absolute Gasteiger partial charge is 0.328 e. The van der Waals surface area contributed by atoms with Crippen LogP contribution in [0.3, 0.4) is 0 Å². The van der Waals surface area contributed by atoms with Crippen molar-refractivity contribution in [2.75, 3.05) is 18.6 Å². The molecule has 1 atom stereocenters. The van der Waals surface area contributed by atoms with Crippen molar-refractivity contribution < 1.29 is 41.0 Å². The third kappa shape index (κ3) is 2.94. The summed E-state index contributed by atoms with van der Waals surface area (Å²) in [6.45, 7) is 0.945. The summed E-state index contributed by atoms with van der Waals surface area (Å²) in [4.78, 5) is 25.0. The van der Waals surface area contributed by atoms with Crippen LogP contribution in [0, 0.1) is 29.1 Å². The van der Waals surface area contributed by atoms with Crippen LogP contribution in [0.4, 0.5) is 27.6 Å². The van der Waals surface area contributed by atoms with E-state index in [0.717, 1.165) is 24.1 Å². The molecule has 2 aromatic rings. The van der Waals surface area contributed by atoms with Gasteiger partial charge in [-0.1, -0.05) is 6.07 Å². The minimum absolute atomic E-state index is 0.0735. The van der Waals surface area contributed by atoms with Gasteiger partial charge in [0, 0.05) is 0 Å². The van der Waals surface area contributed by atoms with Crippen LogP contribution in [0.2, 0.25) is 0 Å². The van der Waals surface area contributed by atoms with E-state index in [4.69, 9.17) is 4.74 Å². The second-order valence-corrected chi connectivity index (χ2v) is 5.88. The third-order valence-corrected chi connectivity index (χ3v) is 4.27. The Bertz CT molecular complexity index is 965. The number of benzene rings is 2. The molecule has 1 aliphatic rings. The van der Waals surface area contributed by atoms with Gasteiger partial charge in [-0.05, 0) is 24.6 Å². The van der Waals surface area contributed by atoms with E-state index in [9.17, 15) is 31.5 Å². The van der Waals surface area contributed by atoms with Gasteiger partial charge in [0.15, 0.2) is 29.9 Å². The molecule has 1 aliphatic heterocycles. The van der Waals surface area contributed by atoms with Crippen LogP contribution < -0.4 is 9.64 Å². The number of carbonyl (C=O) groups excluding carboxylic acids is 2. The maximum absolute atomic E-state index is 14.1. The number of hydrogen-bond donors (Lipinski definition) is 0. The van der Waals surface area contributed by atoms with Gasteiger partial charge in [-0.15, -0.1) is 0 Å². The van der Waals surface area contributed by atoms with E-state index >= 15 is 0 Å². The monoisotopic (exact) mass is 401 g/mol. The van der Waals surface area contributed by atoms with E-state index in [0.29, 0.717) is 0 Å². The molecule has 0 spiro atoms. The largest absolute Gasteiger partial charge is 0.482 e. The summed E-state index contributed by atoms with van der Waals surface area (Å²) in [6, 6.07) is 2.16. The molecule has 0 N–H and O–H groups in total. The summed E-state index contributed by atoms with van der Waals surface area (Å²) < 4.78 is 78.4. The zero-order valence-corrected chi connectivity index (χ0v) is 14.5. The van der Waals surface area contributed by atoms with Gasteiger partial charge in [-0.25, -0.2) is 26.7 Å². The molecule has 0 fully saturated rings. The van der Waals surface area contributed by atoms with Crippen LogP contribution in [0.15, 0.2) is 18.2 Å². The quantitative estimate of drug-likeness (QED) is 0.343. The number of amides is 1. The Morgan fingerprint density at radius 2 is 1.64 bits per heavy atom. The van der Waals surface area contributed by atoms with Crippen molar-refractivity contribution in [1.82, 2.24) is 0 Å². The molecule has 10 heteroatoms. The lowest BCUT2D eigenvalue weighted by Crippen LogP contribution is -2.48. The summed E-state index contributed by atoms with van der Waals surface area (Å²) in [5.41, 5.74) is -1.63. The molecular formula is C18H12F5NO4. The summed E-state index contributed by atoms with van der Waals surface area (Å²) >= 11 is 0. The maximum atomic E-state index is 14.1. The predicted molar refractivity (Wildman–Crippen MR) is 86.1 cm³/mol. The standard InChI is InChI=1S/C18H12F5NO4/c1-7(18(26)27-2)24-9-5-8(3-4-10(9)28-6-11(24)25)12-13(19)15(21)17(23)16(22)14(12)20/h3-5,7H,6H2,1-2H3/t7-/m1/s1. The molecule has 148 valence electrons. The van der Waals surface area contributed by atoms with E-state index in [2.05, 4.69) is 4.74 Å². The molecule has 0 bridgehead atoms. The number of halogens is 5. The molecule has 28 heavy (non-hydrogen) atoms. The van der Waals surface area contributed by atoms with Gasteiger partial charge >= 0.3 is 5.97 Å². The second-order valence-electron chi connectivity index (χ2n) is 5.88. The Balaban J connectivity index is 2.20. The highest BCUT2D eigenvalue weighted by atomic mass is 19.2. The number of anilines is 1. The van der Waals surface area contributed by atoms with Crippen LogP contribution >= 0.6 is 0 Å². The summed E-state index contributed by atoms with van der Waals surface area (Å²) in [6.07, 6.45) is 0. The van der Waals surface area contributed by atoms with Gasteiger partial charge in [-0.2, -0.15) is 0 Å². The number of nitrogens with zero attached hydrogens (tertiary/aromatic N) is 1. The van der Waals surface area contributed by atoms with Crippen LogP contribution in [-0.4, -0.2) is 31.6 Å². The zero-order chi connectivity index (χ0) is 20.7. The van der Waals surface area contributed by atoms with Gasteiger partial charge in [0.2, 0.25) is 5.82 Å². The van der Waals surface area contributed by atoms with E-state index in [1.165, 1.54) is 13.0 Å². The molecule has 0 unspecified atom stereocenters. The van der Waals surface area contributed by atoms with E-state index in [-0.39, 0.29) is 11.4 Å². The molecule has 0 aromatic heterocycles. The highest BCUT2D eigenvalue weighted by molar-refractivity contribution is 6.03. The van der Waals surface area contributed by atoms with Crippen molar-refractivity contribution >= 4 is 17.6 Å². The number of esters is 1. The zero-order valence-electron chi connectivity index (χ0n) is 14.5. The fourth-order valence-corrected chi connectivity index (χ4v) is 2.89. The molecule has 5 nitrogen and oxygen atoms in total. The topological polar surface area (TPSA) is 55.8 Å².